The third kappa shape index (κ3) is 22.7. The molecule has 39 heteroatoms. The first-order chi connectivity index (χ1) is 62.9. The van der Waals surface area contributed by atoms with Crippen molar-refractivity contribution in [2.24, 2.45) is 0 Å². The number of aromatic nitrogens is 9. The molecule has 6 aliphatic rings. The molecule has 9 aromatic rings. The molecule has 0 unspecified atom stereocenters. The lowest BCUT2D eigenvalue weighted by molar-refractivity contribution is -0.138. The van der Waals surface area contributed by atoms with Gasteiger partial charge in [-0.1, -0.05) is 75.3 Å². The second-order valence-electron chi connectivity index (χ2n) is 34.2. The fourth-order valence-electron chi connectivity index (χ4n) is 18.1. The second kappa shape index (κ2) is 42.9. The van der Waals surface area contributed by atoms with Crippen LogP contribution in [0.4, 0.5) is 70.1 Å². The zero-order chi connectivity index (χ0) is 96.9. The molecule has 6 saturated heterocycles. The number of rotatable bonds is 21. The Balaban J connectivity index is 0.000000175. The molecule has 6 aliphatic heterocycles. The maximum absolute atomic E-state index is 16.7. The Kier molecular flexibility index (Phi) is 32.9. The van der Waals surface area contributed by atoms with Gasteiger partial charge in [0.25, 0.3) is 0 Å². The molecule has 3 aromatic carbocycles. The minimum absolute atomic E-state index is 0.00441. The molecule has 0 N–H and O–H groups in total. The first kappa shape index (κ1) is 102. The average molecular weight is 1940 g/mol. The Morgan fingerprint density at radius 2 is 0.707 bits per heavy atom. The highest BCUT2D eigenvalue weighted by Gasteiger charge is 2.44. The molecule has 716 valence electrons. The van der Waals surface area contributed by atoms with Crippen molar-refractivity contribution in [2.75, 3.05) is 121 Å². The summed E-state index contributed by atoms with van der Waals surface area (Å²) in [4.78, 5) is 89.6. The molecule has 6 aromatic heterocycles. The van der Waals surface area contributed by atoms with E-state index in [-0.39, 0.29) is 138 Å². The molecule has 0 bridgehead atoms. The van der Waals surface area contributed by atoms with Crippen LogP contribution in [0.1, 0.15) is 150 Å². The van der Waals surface area contributed by atoms with Gasteiger partial charge in [0, 0.05) is 115 Å². The van der Waals surface area contributed by atoms with Crippen LogP contribution in [0.5, 0.6) is 18.0 Å². The molecule has 2 amide bonds. The number of carbonyl (C=O) groups is 3. The number of benzene rings is 3. The lowest BCUT2D eigenvalue weighted by atomic mass is 9.97. The van der Waals surface area contributed by atoms with Gasteiger partial charge in [-0.2, -0.15) is 69.4 Å². The van der Waals surface area contributed by atoms with E-state index in [4.69, 9.17) is 65.6 Å². The molecule has 0 aliphatic carbocycles. The van der Waals surface area contributed by atoms with Gasteiger partial charge in [0.2, 0.25) is 17.1 Å². The summed E-state index contributed by atoms with van der Waals surface area (Å²) in [5, 5.41) is -0.416. The monoisotopic (exact) mass is 1940 g/mol. The Hall–Kier alpha value is -10.0. The van der Waals surface area contributed by atoms with E-state index in [1.165, 1.54) is 69.3 Å². The molecule has 15 rings (SSSR count). The predicted molar refractivity (Wildman–Crippen MR) is 493 cm³/mol. The Bertz CT molecular complexity index is 5640. The van der Waals surface area contributed by atoms with Crippen molar-refractivity contribution < 1.29 is 81.3 Å². The van der Waals surface area contributed by atoms with Gasteiger partial charge in [-0.3, -0.25) is 29.3 Å². The van der Waals surface area contributed by atoms with Gasteiger partial charge in [-0.25, -0.2) is 13.2 Å². The number of aryl methyl sites for hydroxylation is 6. The van der Waals surface area contributed by atoms with Gasteiger partial charge >= 0.3 is 36.6 Å². The lowest BCUT2D eigenvalue weighted by Gasteiger charge is -2.40. The number of anilines is 3. The number of likely N-dealkylation sites (N-methyl/N-ethyl adjacent to an activating group) is 3. The average Bonchev–Trinajstić information content (AvgIpc) is 1.11. The van der Waals surface area contributed by atoms with Crippen LogP contribution in [0.15, 0.2) is 74.4 Å². The zero-order valence-electron chi connectivity index (χ0n) is 76.1. The summed E-state index contributed by atoms with van der Waals surface area (Å²) < 4.78 is 197. The van der Waals surface area contributed by atoms with E-state index in [0.29, 0.717) is 112 Å². The topological polar surface area (TPSA) is 221 Å². The summed E-state index contributed by atoms with van der Waals surface area (Å²) >= 11 is 24.6. The van der Waals surface area contributed by atoms with Crippen LogP contribution in [-0.4, -0.2) is 229 Å². The highest BCUT2D eigenvalue weighted by atomic mass is 35.5. The van der Waals surface area contributed by atoms with Crippen molar-refractivity contribution in [3.05, 3.63) is 157 Å². The number of allylic oxidation sites excluding steroid dienone is 1. The minimum Gasteiger partial charge on any atom is -0.462 e. The largest absolute Gasteiger partial charge is 0.462 e. The Morgan fingerprint density at radius 1 is 0.414 bits per heavy atom. The molecule has 6 fully saturated rings. The van der Waals surface area contributed by atoms with Gasteiger partial charge in [-0.15, -0.1) is 0 Å². The minimum atomic E-state index is -4.81. The summed E-state index contributed by atoms with van der Waals surface area (Å²) in [6.07, 6.45) is -0.925. The number of hydrogen-bond donors (Lipinski definition) is 0. The van der Waals surface area contributed by atoms with Crippen LogP contribution in [0, 0.1) is 38.2 Å². The predicted octanol–water partition coefficient (Wildman–Crippen LogP) is 20.3. The standard InChI is InChI=1S/2C31H35ClF4N6O2.C29H34ClF4N5O.C3H3ClO/c2*1-6-19-13-17(3)25(31(34,35)36)28(37-19)24-22(32)14-21-27(26(24)33)38-30(44-16-20-9-8-10-40(20)5)39-29(21)42-12-11-41(15-18(42)4)23(43)7-2;1-5-18-13-16(2)23(29(32,33)34)26(35-18)22-21(30)14-20-25(24(22)31)36-28(40-15-19-10-8-11-38(19)4)37-27(20)39-12-7-6-9-17(39)3;1-2-3(4)5/h2*7,13-14,18,20H,2,6,8-12,15-16H2,1,3-5H3;13-14,17,19H,5-12,15H2,1-4H3;2H,1H2/t2*18-,20-;17-,19-;/m000./s1. The van der Waals surface area contributed by atoms with Crippen LogP contribution < -0.4 is 28.9 Å². The quantitative estimate of drug-likeness (QED) is 0.0371. The smallest absolute Gasteiger partial charge is 0.418 e. The SMILES string of the molecule is C=CC(=O)Cl.C=CC(=O)N1CCN(c2nc(OC[C@@H]3CCCN3C)nc3c(F)c(-c4nc(CC)cc(C)c4C(F)(F)F)c(Cl)cc23)[C@@H](C)C1.C=CC(=O)N1CCN(c2nc(OC[C@@H]3CCCN3C)nc3c(F)c(-c4nc(CC)cc(C)c4C(F)(F)F)c(Cl)cc23)[C@@H](C)C1.CCc1cc(C)c(C(F)(F)F)c(-c2c(Cl)cc3c(N4CCCC[C@@H]4C)nc(OC[C@@H]4CCCN4C)nc3c2F)n1. The molecule has 12 heterocycles. The summed E-state index contributed by atoms with van der Waals surface area (Å²) in [6, 6.07) is 8.19. The molecule has 0 saturated carbocycles. The van der Waals surface area contributed by atoms with Gasteiger partial charge in [0.1, 0.15) is 53.8 Å². The number of halogens is 16. The molecule has 6 atom stereocenters. The number of hydrogen-bond acceptors (Lipinski definition) is 21. The highest BCUT2D eigenvalue weighted by Crippen LogP contribution is 2.50. The molecule has 0 radical (unpaired) electrons. The van der Waals surface area contributed by atoms with Crippen molar-refractivity contribution in [3.63, 3.8) is 0 Å². The van der Waals surface area contributed by atoms with Crippen molar-refractivity contribution in [3.8, 4) is 51.8 Å². The third-order valence-corrected chi connectivity index (χ3v) is 26.3. The van der Waals surface area contributed by atoms with Crippen LogP contribution in [0.25, 0.3) is 66.5 Å². The number of alkyl halides is 9. The van der Waals surface area contributed by atoms with Gasteiger partial charge in [0.15, 0.2) is 17.5 Å². The van der Waals surface area contributed by atoms with E-state index in [1.807, 2.05) is 44.8 Å². The van der Waals surface area contributed by atoms with E-state index < -0.39 is 91.7 Å². The van der Waals surface area contributed by atoms with Crippen LogP contribution in [0.3, 0.4) is 0 Å². The number of amides is 2. The number of nitrogens with zero attached hydrogens (tertiary/aromatic N) is 17. The zero-order valence-corrected chi connectivity index (χ0v) is 79.1. The Morgan fingerprint density at radius 3 is 0.947 bits per heavy atom. The molecule has 0 spiro atoms. The second-order valence-corrected chi connectivity index (χ2v) is 35.8. The maximum Gasteiger partial charge on any atom is 0.418 e. The molecular weight excluding hydrogens is 1830 g/mol. The fraction of sp³-hybridized carbons (Fsp3) is 0.489. The lowest BCUT2D eigenvalue weighted by Crippen LogP contribution is -2.53. The highest BCUT2D eigenvalue weighted by molar-refractivity contribution is 6.66. The number of piperidine rings is 1. The Labute approximate surface area is 784 Å². The summed E-state index contributed by atoms with van der Waals surface area (Å²) in [6.45, 7) is 31.9. The third-order valence-electron chi connectivity index (χ3n) is 25.2. The van der Waals surface area contributed by atoms with Crippen molar-refractivity contribution in [1.82, 2.24) is 69.4 Å². The van der Waals surface area contributed by atoms with Gasteiger partial charge in [-0.05, 0) is 242 Å². The summed E-state index contributed by atoms with van der Waals surface area (Å²) in [5.74, 6) is -2.35. The molecular formula is C94H107Cl4F12N17O6. The van der Waals surface area contributed by atoms with Gasteiger partial charge < -0.3 is 53.4 Å². The number of ether oxygens (including phenoxy) is 3. The van der Waals surface area contributed by atoms with Crippen molar-refractivity contribution in [1.29, 1.82) is 0 Å². The van der Waals surface area contributed by atoms with Crippen LogP contribution in [0.2, 0.25) is 15.1 Å². The van der Waals surface area contributed by atoms with E-state index in [2.05, 4.69) is 86.1 Å². The van der Waals surface area contributed by atoms with E-state index in [1.54, 1.807) is 30.6 Å². The normalized spacial score (nSPS) is 19.4. The van der Waals surface area contributed by atoms with Crippen molar-refractivity contribution in [2.45, 2.75) is 194 Å². The number of likely N-dealkylation sites (tertiary alicyclic amines) is 3. The van der Waals surface area contributed by atoms with Crippen LogP contribution in [-0.2, 0) is 52.2 Å². The van der Waals surface area contributed by atoms with Gasteiger partial charge in [0.05, 0.1) is 65.5 Å². The number of pyridine rings is 3. The number of fused-ring (bicyclic) bond motifs is 3. The molecule has 133 heavy (non-hydrogen) atoms. The van der Waals surface area contributed by atoms with Crippen LogP contribution >= 0.6 is 46.4 Å². The first-order valence-corrected chi connectivity index (χ1v) is 45.7. The summed E-state index contributed by atoms with van der Waals surface area (Å²) in [7, 11) is 6.00. The first-order valence-electron chi connectivity index (χ1n) is 44.2. The number of carbonyl (C=O) groups excluding carboxylic acids is 3. The fourth-order valence-corrected chi connectivity index (χ4v) is 18.9. The number of piperazine rings is 2. The van der Waals surface area contributed by atoms with E-state index >= 15 is 13.2 Å². The maximum atomic E-state index is 16.7. The van der Waals surface area contributed by atoms with E-state index in [0.717, 1.165) is 83.5 Å². The van der Waals surface area contributed by atoms with E-state index in [9.17, 15) is 53.9 Å². The van der Waals surface area contributed by atoms with Crippen molar-refractivity contribution >= 4 is 114 Å². The summed E-state index contributed by atoms with van der Waals surface area (Å²) in [5.41, 5.74) is -5.84. The molecule has 23 nitrogen and oxygen atoms in total.